The minimum Gasteiger partial charge on any atom is -0.492 e. The van der Waals surface area contributed by atoms with E-state index in [4.69, 9.17) is 10.5 Å². The lowest BCUT2D eigenvalue weighted by Gasteiger charge is -2.28. The zero-order chi connectivity index (χ0) is 14.3. The monoisotopic (exact) mass is 264 g/mol. The summed E-state index contributed by atoms with van der Waals surface area (Å²) in [5, 5.41) is 0. The first-order valence-corrected chi connectivity index (χ1v) is 7.19. The first-order chi connectivity index (χ1) is 9.04. The van der Waals surface area contributed by atoms with Crippen molar-refractivity contribution >= 4 is 0 Å². The lowest BCUT2D eigenvalue weighted by atomic mass is 10.2. The molecule has 1 rings (SSSR count). The molecule has 0 aliphatic rings. The second-order valence-corrected chi connectivity index (χ2v) is 5.64. The van der Waals surface area contributed by atoms with Crippen molar-refractivity contribution in [2.75, 3.05) is 19.7 Å². The molecule has 0 unspecified atom stereocenters. The second-order valence-electron chi connectivity index (χ2n) is 5.64. The Bertz CT molecular complexity index is 364. The molecule has 1 aromatic carbocycles. The number of ether oxygens (including phenoxy) is 1. The number of hydrogen-bond acceptors (Lipinski definition) is 3. The van der Waals surface area contributed by atoms with Gasteiger partial charge in [0.2, 0.25) is 0 Å². The smallest absolute Gasteiger partial charge is 0.123 e. The lowest BCUT2D eigenvalue weighted by molar-refractivity contribution is 0.160. The molecule has 0 aromatic heterocycles. The molecule has 0 bridgehead atoms. The Morgan fingerprint density at radius 2 is 1.84 bits per heavy atom. The minimum atomic E-state index is 0.524. The number of rotatable bonds is 8. The molecule has 0 spiro atoms. The number of nitrogens with zero attached hydrogens (tertiary/aromatic N) is 1. The molecule has 3 heteroatoms. The molecule has 0 amide bonds. The molecule has 0 saturated carbocycles. The molecule has 0 radical (unpaired) electrons. The van der Waals surface area contributed by atoms with Gasteiger partial charge >= 0.3 is 0 Å². The predicted octanol–water partition coefficient (Wildman–Crippen LogP) is 2.89. The van der Waals surface area contributed by atoms with E-state index < -0.39 is 0 Å². The van der Waals surface area contributed by atoms with E-state index in [-0.39, 0.29) is 0 Å². The van der Waals surface area contributed by atoms with E-state index in [1.54, 1.807) is 0 Å². The van der Waals surface area contributed by atoms with Gasteiger partial charge in [-0.1, -0.05) is 32.0 Å². The molecular weight excluding hydrogens is 236 g/mol. The van der Waals surface area contributed by atoms with Gasteiger partial charge in [-0.2, -0.15) is 0 Å². The van der Waals surface area contributed by atoms with Gasteiger partial charge in [-0.05, 0) is 25.8 Å². The maximum absolute atomic E-state index is 5.87. The van der Waals surface area contributed by atoms with Crippen LogP contribution in [0.4, 0.5) is 0 Å². The van der Waals surface area contributed by atoms with Crippen LogP contribution in [0.5, 0.6) is 5.75 Å². The zero-order valence-corrected chi connectivity index (χ0v) is 12.7. The van der Waals surface area contributed by atoms with Crippen LogP contribution in [0.3, 0.4) is 0 Å². The molecule has 0 aliphatic heterocycles. The summed E-state index contributed by atoms with van der Waals surface area (Å²) in [6, 6.07) is 8.54. The standard InChI is InChI=1S/C16H28N2O/c1-13(2)12-18(14(3)4)9-10-19-16-8-6-5-7-15(16)11-17/h5-8,13-14H,9-12,17H2,1-4H3. The molecule has 108 valence electrons. The highest BCUT2D eigenvalue weighted by atomic mass is 16.5. The third-order valence-electron chi connectivity index (χ3n) is 3.16. The first-order valence-electron chi connectivity index (χ1n) is 7.19. The fraction of sp³-hybridized carbons (Fsp3) is 0.625. The van der Waals surface area contributed by atoms with E-state index in [0.29, 0.717) is 25.1 Å². The van der Waals surface area contributed by atoms with Gasteiger partial charge in [-0.15, -0.1) is 0 Å². The molecule has 0 atom stereocenters. The van der Waals surface area contributed by atoms with E-state index in [9.17, 15) is 0 Å². The van der Waals surface area contributed by atoms with Crippen molar-refractivity contribution in [3.05, 3.63) is 29.8 Å². The van der Waals surface area contributed by atoms with Crippen LogP contribution in [-0.4, -0.2) is 30.6 Å². The van der Waals surface area contributed by atoms with Crippen LogP contribution >= 0.6 is 0 Å². The van der Waals surface area contributed by atoms with E-state index in [1.807, 2.05) is 24.3 Å². The molecule has 1 aromatic rings. The Morgan fingerprint density at radius 3 is 2.42 bits per heavy atom. The van der Waals surface area contributed by atoms with E-state index >= 15 is 0 Å². The molecule has 2 N–H and O–H groups in total. The zero-order valence-electron chi connectivity index (χ0n) is 12.7. The SMILES string of the molecule is CC(C)CN(CCOc1ccccc1CN)C(C)C. The van der Waals surface area contributed by atoms with Gasteiger partial charge < -0.3 is 10.5 Å². The van der Waals surface area contributed by atoms with Crippen LogP contribution in [0, 0.1) is 5.92 Å². The minimum absolute atomic E-state index is 0.524. The van der Waals surface area contributed by atoms with Crippen molar-refractivity contribution < 1.29 is 4.74 Å². The largest absolute Gasteiger partial charge is 0.492 e. The van der Waals surface area contributed by atoms with Gasteiger partial charge in [0.1, 0.15) is 12.4 Å². The Hall–Kier alpha value is -1.06. The quantitative estimate of drug-likeness (QED) is 0.784. The van der Waals surface area contributed by atoms with Crippen LogP contribution in [0.15, 0.2) is 24.3 Å². The van der Waals surface area contributed by atoms with Crippen molar-refractivity contribution in [2.45, 2.75) is 40.3 Å². The summed E-state index contributed by atoms with van der Waals surface area (Å²) in [5.41, 5.74) is 6.78. The topological polar surface area (TPSA) is 38.5 Å². The van der Waals surface area contributed by atoms with Gasteiger partial charge in [0, 0.05) is 31.2 Å². The number of nitrogens with two attached hydrogens (primary N) is 1. The fourth-order valence-electron chi connectivity index (χ4n) is 2.12. The summed E-state index contributed by atoms with van der Waals surface area (Å²) < 4.78 is 5.87. The van der Waals surface area contributed by atoms with Crippen LogP contribution in [0.1, 0.15) is 33.3 Å². The van der Waals surface area contributed by atoms with Crippen molar-refractivity contribution in [1.82, 2.24) is 4.90 Å². The van der Waals surface area contributed by atoms with E-state index in [0.717, 1.165) is 24.4 Å². The van der Waals surface area contributed by atoms with Crippen molar-refractivity contribution in [3.63, 3.8) is 0 Å². The third kappa shape index (κ3) is 5.62. The van der Waals surface area contributed by atoms with Crippen molar-refractivity contribution in [2.24, 2.45) is 11.7 Å². The lowest BCUT2D eigenvalue weighted by Crippen LogP contribution is -2.37. The number of hydrogen-bond donors (Lipinski definition) is 1. The Kier molecular flexibility index (Phi) is 6.89. The molecule has 19 heavy (non-hydrogen) atoms. The summed E-state index contributed by atoms with van der Waals surface area (Å²) in [4.78, 5) is 2.45. The Balaban J connectivity index is 2.47. The highest BCUT2D eigenvalue weighted by molar-refractivity contribution is 5.32. The summed E-state index contributed by atoms with van der Waals surface area (Å²) in [5.74, 6) is 1.59. The Labute approximate surface area is 117 Å². The maximum atomic E-state index is 5.87. The highest BCUT2D eigenvalue weighted by Gasteiger charge is 2.11. The molecule has 0 aliphatic carbocycles. The maximum Gasteiger partial charge on any atom is 0.123 e. The van der Waals surface area contributed by atoms with Crippen LogP contribution < -0.4 is 10.5 Å². The van der Waals surface area contributed by atoms with E-state index in [2.05, 4.69) is 32.6 Å². The van der Waals surface area contributed by atoms with Gasteiger partial charge in [-0.25, -0.2) is 0 Å². The predicted molar refractivity (Wildman–Crippen MR) is 81.4 cm³/mol. The molecule has 0 saturated heterocycles. The second kappa shape index (κ2) is 8.18. The fourth-order valence-corrected chi connectivity index (χ4v) is 2.12. The van der Waals surface area contributed by atoms with Crippen LogP contribution in [0.2, 0.25) is 0 Å². The summed E-state index contributed by atoms with van der Waals surface area (Å²) >= 11 is 0. The average Bonchev–Trinajstić information content (AvgIpc) is 2.37. The van der Waals surface area contributed by atoms with Gasteiger partial charge in [-0.3, -0.25) is 4.90 Å². The number of para-hydroxylation sites is 1. The van der Waals surface area contributed by atoms with Gasteiger partial charge in [0.15, 0.2) is 0 Å². The third-order valence-corrected chi connectivity index (χ3v) is 3.16. The van der Waals surface area contributed by atoms with Crippen molar-refractivity contribution in [3.8, 4) is 5.75 Å². The summed E-state index contributed by atoms with van der Waals surface area (Å²) in [6.45, 7) is 12.3. The van der Waals surface area contributed by atoms with Crippen LogP contribution in [0.25, 0.3) is 0 Å². The summed E-state index contributed by atoms with van der Waals surface area (Å²) in [6.07, 6.45) is 0. The van der Waals surface area contributed by atoms with E-state index in [1.165, 1.54) is 0 Å². The average molecular weight is 264 g/mol. The molecule has 0 fully saturated rings. The Morgan fingerprint density at radius 1 is 1.16 bits per heavy atom. The first kappa shape index (κ1) is 16.0. The molecule has 3 nitrogen and oxygen atoms in total. The normalized spacial score (nSPS) is 11.6. The highest BCUT2D eigenvalue weighted by Crippen LogP contribution is 2.17. The molecular formula is C16H28N2O. The van der Waals surface area contributed by atoms with Crippen molar-refractivity contribution in [1.29, 1.82) is 0 Å². The van der Waals surface area contributed by atoms with Gasteiger partial charge in [0.05, 0.1) is 0 Å². The summed E-state index contributed by atoms with van der Waals surface area (Å²) in [7, 11) is 0. The van der Waals surface area contributed by atoms with Crippen LogP contribution in [-0.2, 0) is 6.54 Å². The molecule has 0 heterocycles. The van der Waals surface area contributed by atoms with Gasteiger partial charge in [0.25, 0.3) is 0 Å². The number of benzene rings is 1.